The zero-order valence-electron chi connectivity index (χ0n) is 14.4. The number of rotatable bonds is 6. The third-order valence-electron chi connectivity index (χ3n) is 4.51. The van der Waals surface area contributed by atoms with Crippen molar-refractivity contribution in [1.29, 1.82) is 0 Å². The van der Waals surface area contributed by atoms with Gasteiger partial charge in [-0.1, -0.05) is 23.2 Å². The fourth-order valence-corrected chi connectivity index (χ4v) is 4.92. The number of carbonyl (C=O) groups excluding carboxylic acids is 2. The Hall–Kier alpha value is -1.39. The predicted octanol–water partition coefficient (Wildman–Crippen LogP) is 0.637. The van der Waals surface area contributed by atoms with Crippen LogP contribution in [0.4, 0.5) is 0 Å². The molecule has 0 aromatic heterocycles. The van der Waals surface area contributed by atoms with E-state index in [4.69, 9.17) is 28.9 Å². The molecule has 3 rings (SSSR count). The summed E-state index contributed by atoms with van der Waals surface area (Å²) in [6.45, 7) is 0.550. The molecule has 1 aromatic rings. The van der Waals surface area contributed by atoms with E-state index in [1.54, 1.807) is 0 Å². The van der Waals surface area contributed by atoms with Gasteiger partial charge >= 0.3 is 0 Å². The minimum absolute atomic E-state index is 0.0156. The summed E-state index contributed by atoms with van der Waals surface area (Å²) in [5, 5.41) is 2.89. The summed E-state index contributed by atoms with van der Waals surface area (Å²) >= 11 is 11.8. The van der Waals surface area contributed by atoms with Crippen molar-refractivity contribution >= 4 is 45.0 Å². The van der Waals surface area contributed by atoms with E-state index in [2.05, 4.69) is 5.32 Å². The van der Waals surface area contributed by atoms with Crippen molar-refractivity contribution in [2.75, 3.05) is 26.2 Å². The average molecular weight is 435 g/mol. The van der Waals surface area contributed by atoms with Gasteiger partial charge in [0, 0.05) is 32.1 Å². The van der Waals surface area contributed by atoms with Gasteiger partial charge in [-0.15, -0.1) is 0 Å². The maximum atomic E-state index is 13.1. The van der Waals surface area contributed by atoms with Gasteiger partial charge in [-0.25, -0.2) is 8.42 Å². The maximum absolute atomic E-state index is 13.1. The first-order valence-corrected chi connectivity index (χ1v) is 10.7. The number of nitrogens with zero attached hydrogens (tertiary/aromatic N) is 2. The van der Waals surface area contributed by atoms with Crippen LogP contribution in [-0.2, 0) is 19.6 Å². The smallest absolute Gasteiger partial charge is 0.259 e. The van der Waals surface area contributed by atoms with Crippen LogP contribution in [-0.4, -0.2) is 61.8 Å². The van der Waals surface area contributed by atoms with Crippen molar-refractivity contribution in [2.24, 2.45) is 11.7 Å². The van der Waals surface area contributed by atoms with Crippen molar-refractivity contribution in [3.8, 4) is 0 Å². The van der Waals surface area contributed by atoms with E-state index < -0.39 is 22.1 Å². The number of sulfonamides is 1. The van der Waals surface area contributed by atoms with Crippen molar-refractivity contribution in [3.63, 3.8) is 0 Å². The number of benzene rings is 1. The van der Waals surface area contributed by atoms with Crippen molar-refractivity contribution in [3.05, 3.63) is 28.2 Å². The van der Waals surface area contributed by atoms with Gasteiger partial charge < -0.3 is 16.0 Å². The highest BCUT2D eigenvalue weighted by Crippen LogP contribution is 2.35. The average Bonchev–Trinajstić information content (AvgIpc) is 3.38. The summed E-state index contributed by atoms with van der Waals surface area (Å²) in [6, 6.07) is 3.94. The fourth-order valence-electron chi connectivity index (χ4n) is 2.99. The quantitative estimate of drug-likeness (QED) is 0.681. The SMILES string of the molecule is NCCNC(=O)C1N(C(=O)C2CC2)CCN1S(=O)(=O)c1ccc(Cl)c(Cl)c1. The van der Waals surface area contributed by atoms with Gasteiger partial charge in [-0.05, 0) is 31.0 Å². The molecule has 0 radical (unpaired) electrons. The molecule has 1 aliphatic heterocycles. The van der Waals surface area contributed by atoms with Gasteiger partial charge in [0.15, 0.2) is 6.17 Å². The Morgan fingerprint density at radius 3 is 2.48 bits per heavy atom. The second-order valence-electron chi connectivity index (χ2n) is 6.45. The number of hydrogen-bond acceptors (Lipinski definition) is 5. The third-order valence-corrected chi connectivity index (χ3v) is 7.10. The van der Waals surface area contributed by atoms with Crippen LogP contribution in [0.25, 0.3) is 0 Å². The summed E-state index contributed by atoms with van der Waals surface area (Å²) in [6.07, 6.45) is 0.266. The van der Waals surface area contributed by atoms with Gasteiger partial charge in [0.05, 0.1) is 14.9 Å². The predicted molar refractivity (Wildman–Crippen MR) is 101 cm³/mol. The van der Waals surface area contributed by atoms with E-state index >= 15 is 0 Å². The van der Waals surface area contributed by atoms with Crippen LogP contribution in [0, 0.1) is 5.92 Å². The summed E-state index contributed by atoms with van der Waals surface area (Å²) in [4.78, 5) is 26.5. The lowest BCUT2D eigenvalue weighted by Crippen LogP contribution is -2.54. The monoisotopic (exact) mass is 434 g/mol. The molecule has 2 fully saturated rings. The topological polar surface area (TPSA) is 113 Å². The molecule has 1 unspecified atom stereocenters. The number of amides is 2. The van der Waals surface area contributed by atoms with E-state index in [1.165, 1.54) is 23.1 Å². The van der Waals surface area contributed by atoms with Gasteiger partial charge in [0.1, 0.15) is 0 Å². The van der Waals surface area contributed by atoms with Crippen molar-refractivity contribution in [1.82, 2.24) is 14.5 Å². The van der Waals surface area contributed by atoms with E-state index in [0.717, 1.165) is 17.1 Å². The second kappa shape index (κ2) is 7.92. The molecule has 1 atom stereocenters. The summed E-state index contributed by atoms with van der Waals surface area (Å²) < 4.78 is 27.3. The Labute approximate surface area is 167 Å². The van der Waals surface area contributed by atoms with Crippen LogP contribution < -0.4 is 11.1 Å². The highest BCUT2D eigenvalue weighted by Gasteiger charge is 2.49. The Morgan fingerprint density at radius 1 is 1.19 bits per heavy atom. The molecule has 1 heterocycles. The van der Waals surface area contributed by atoms with Gasteiger partial charge in [0.2, 0.25) is 15.9 Å². The van der Waals surface area contributed by atoms with Crippen LogP contribution in [0.2, 0.25) is 10.0 Å². The van der Waals surface area contributed by atoms with Crippen LogP contribution in [0.1, 0.15) is 12.8 Å². The molecule has 8 nitrogen and oxygen atoms in total. The zero-order valence-corrected chi connectivity index (χ0v) is 16.7. The molecule has 3 N–H and O–H groups in total. The van der Waals surface area contributed by atoms with E-state index in [0.29, 0.717) is 0 Å². The Morgan fingerprint density at radius 2 is 1.89 bits per heavy atom. The molecule has 2 amide bonds. The van der Waals surface area contributed by atoms with Gasteiger partial charge in [-0.3, -0.25) is 9.59 Å². The summed E-state index contributed by atoms with van der Waals surface area (Å²) in [5.41, 5.74) is 5.42. The molecular weight excluding hydrogens is 415 g/mol. The first kappa shape index (κ1) is 20.3. The highest BCUT2D eigenvalue weighted by molar-refractivity contribution is 7.89. The molecule has 148 valence electrons. The minimum atomic E-state index is -4.06. The molecule has 1 aromatic carbocycles. The number of halogens is 2. The molecule has 1 aliphatic carbocycles. The minimum Gasteiger partial charge on any atom is -0.352 e. The largest absolute Gasteiger partial charge is 0.352 e. The lowest BCUT2D eigenvalue weighted by Gasteiger charge is -2.28. The number of nitrogens with two attached hydrogens (primary N) is 1. The first-order chi connectivity index (χ1) is 12.8. The molecule has 1 saturated heterocycles. The Kier molecular flexibility index (Phi) is 5.97. The van der Waals surface area contributed by atoms with Crippen LogP contribution >= 0.6 is 23.2 Å². The van der Waals surface area contributed by atoms with Crippen LogP contribution in [0.15, 0.2) is 23.1 Å². The third kappa shape index (κ3) is 4.07. The molecule has 11 heteroatoms. The number of hydrogen-bond donors (Lipinski definition) is 2. The lowest BCUT2D eigenvalue weighted by molar-refractivity contribution is -0.141. The number of carbonyl (C=O) groups is 2. The molecule has 0 spiro atoms. The first-order valence-electron chi connectivity index (χ1n) is 8.52. The summed E-state index contributed by atoms with van der Waals surface area (Å²) in [5.74, 6) is -0.909. The van der Waals surface area contributed by atoms with Gasteiger partial charge in [-0.2, -0.15) is 4.31 Å². The number of nitrogens with one attached hydrogen (secondary N) is 1. The van der Waals surface area contributed by atoms with E-state index in [-0.39, 0.29) is 52.9 Å². The second-order valence-corrected chi connectivity index (χ2v) is 9.16. The zero-order chi connectivity index (χ0) is 19.8. The van der Waals surface area contributed by atoms with Crippen LogP contribution in [0.3, 0.4) is 0 Å². The van der Waals surface area contributed by atoms with E-state index in [1.807, 2.05) is 0 Å². The molecule has 1 saturated carbocycles. The Balaban J connectivity index is 1.94. The normalized spacial score (nSPS) is 20.7. The Bertz CT molecular complexity index is 860. The molecule has 27 heavy (non-hydrogen) atoms. The van der Waals surface area contributed by atoms with Crippen molar-refractivity contribution < 1.29 is 18.0 Å². The van der Waals surface area contributed by atoms with Gasteiger partial charge in [0.25, 0.3) is 5.91 Å². The molecule has 0 bridgehead atoms. The summed E-state index contributed by atoms with van der Waals surface area (Å²) in [7, 11) is -4.06. The standard InChI is InChI=1S/C16H20Cl2N4O4S/c17-12-4-3-11(9-13(12)18)27(25,26)22-8-7-21(16(24)10-1-2-10)15(22)14(23)20-6-5-19/h3-4,9-10,15H,1-2,5-8,19H2,(H,20,23). The fraction of sp³-hybridized carbons (Fsp3) is 0.500. The molecule has 2 aliphatic rings. The van der Waals surface area contributed by atoms with Crippen LogP contribution in [0.5, 0.6) is 0 Å². The van der Waals surface area contributed by atoms with E-state index in [9.17, 15) is 18.0 Å². The maximum Gasteiger partial charge on any atom is 0.259 e. The lowest BCUT2D eigenvalue weighted by atomic mass is 10.3. The van der Waals surface area contributed by atoms with Crippen molar-refractivity contribution in [2.45, 2.75) is 23.9 Å². The molecular formula is C16H20Cl2N4O4S. The highest BCUT2D eigenvalue weighted by atomic mass is 35.5.